The van der Waals surface area contributed by atoms with E-state index in [-0.39, 0.29) is 16.5 Å². The Bertz CT molecular complexity index is 1150. The van der Waals surface area contributed by atoms with E-state index in [0.29, 0.717) is 29.5 Å². The van der Waals surface area contributed by atoms with Crippen LogP contribution in [0.1, 0.15) is 73.1 Å². The third kappa shape index (κ3) is 11.1. The highest BCUT2D eigenvalue weighted by atomic mass is 35.5. The third-order valence-electron chi connectivity index (χ3n) is 5.51. The molecule has 6 nitrogen and oxygen atoms in total. The third-order valence-corrected chi connectivity index (χ3v) is 6.07. The molecular formula is C30H37Cl2N2O4+. The van der Waals surface area contributed by atoms with Gasteiger partial charge in [0.05, 0.1) is 17.2 Å². The number of nitrogens with one attached hydrogen (secondary N) is 1. The number of carbonyl (C=O) groups excluding carboxylic acids is 2. The smallest absolute Gasteiger partial charge is 0.345 e. The number of amides is 1. The van der Waals surface area contributed by atoms with Gasteiger partial charge in [0.1, 0.15) is 24.1 Å². The summed E-state index contributed by atoms with van der Waals surface area (Å²) in [5.74, 6) is 0.527. The van der Waals surface area contributed by atoms with Crippen molar-refractivity contribution in [3.8, 4) is 11.5 Å². The number of hydrogen-bond acceptors (Lipinski definition) is 4. The number of aromatic nitrogens is 1. The Hall–Kier alpha value is -3.09. The number of rotatable bonds is 13. The first kappa shape index (κ1) is 31.1. The second kappa shape index (κ2) is 17.4. The zero-order valence-corrected chi connectivity index (χ0v) is 23.9. The molecule has 0 unspecified atom stereocenters. The van der Waals surface area contributed by atoms with Gasteiger partial charge in [-0.05, 0) is 61.4 Å². The number of hydrogen-bond donors (Lipinski definition) is 1. The van der Waals surface area contributed by atoms with Gasteiger partial charge in [-0.3, -0.25) is 4.79 Å². The molecule has 3 rings (SSSR count). The number of ether oxygens (including phenoxy) is 2. The van der Waals surface area contributed by atoms with Gasteiger partial charge in [0.2, 0.25) is 0 Å². The van der Waals surface area contributed by atoms with E-state index in [4.69, 9.17) is 32.7 Å². The molecule has 0 bridgehead atoms. The van der Waals surface area contributed by atoms with Gasteiger partial charge in [0, 0.05) is 17.6 Å². The normalized spacial score (nSPS) is 10.2. The summed E-state index contributed by atoms with van der Waals surface area (Å²) in [5, 5.41) is 3.67. The lowest BCUT2D eigenvalue weighted by Crippen LogP contribution is -2.31. The van der Waals surface area contributed by atoms with Crippen molar-refractivity contribution < 1.29 is 23.6 Å². The lowest BCUT2D eigenvalue weighted by molar-refractivity contribution is -0.671. The zero-order valence-electron chi connectivity index (χ0n) is 22.3. The van der Waals surface area contributed by atoms with Crippen LogP contribution in [0.25, 0.3) is 0 Å². The predicted molar refractivity (Wildman–Crippen MR) is 152 cm³/mol. The maximum absolute atomic E-state index is 12.3. The minimum absolute atomic E-state index is 0.0277. The Kier molecular flexibility index (Phi) is 14.3. The summed E-state index contributed by atoms with van der Waals surface area (Å²) < 4.78 is 13.0. The standard InChI is InChI=1S/C28H30Cl2N2O4.C2H6/c1-32-17-8-9-21(20-32)27(33)31-16-6-4-2-3-5-7-18-35-23-11-13-24(14-12-23)36-28(34)25-19-22(29)10-15-26(25)30;1-2/h8-15,17,19-20H,2-7,16,18H2,1H3;1-2H3/p+1. The van der Waals surface area contributed by atoms with E-state index >= 15 is 0 Å². The van der Waals surface area contributed by atoms with E-state index in [1.54, 1.807) is 36.4 Å². The molecule has 0 radical (unpaired) electrons. The summed E-state index contributed by atoms with van der Waals surface area (Å²) in [5.41, 5.74) is 0.897. The summed E-state index contributed by atoms with van der Waals surface area (Å²) in [7, 11) is 1.90. The van der Waals surface area contributed by atoms with Gasteiger partial charge >= 0.3 is 5.97 Å². The molecule has 0 atom stereocenters. The second-order valence-electron chi connectivity index (χ2n) is 8.47. The monoisotopic (exact) mass is 559 g/mol. The van der Waals surface area contributed by atoms with Gasteiger partial charge in [-0.25, -0.2) is 9.36 Å². The van der Waals surface area contributed by atoms with Crippen LogP contribution in [0.5, 0.6) is 11.5 Å². The Morgan fingerprint density at radius 2 is 1.53 bits per heavy atom. The number of unbranched alkanes of at least 4 members (excludes halogenated alkanes) is 5. The highest BCUT2D eigenvalue weighted by Gasteiger charge is 2.14. The number of carbonyl (C=O) groups is 2. The molecule has 0 saturated heterocycles. The minimum Gasteiger partial charge on any atom is -0.494 e. The van der Waals surface area contributed by atoms with Gasteiger partial charge < -0.3 is 14.8 Å². The van der Waals surface area contributed by atoms with Crippen molar-refractivity contribution in [3.63, 3.8) is 0 Å². The molecule has 2 aromatic carbocycles. The van der Waals surface area contributed by atoms with Crippen LogP contribution in [-0.2, 0) is 7.05 Å². The maximum atomic E-state index is 12.3. The van der Waals surface area contributed by atoms with Crippen LogP contribution < -0.4 is 19.4 Å². The summed E-state index contributed by atoms with van der Waals surface area (Å²) in [4.78, 5) is 24.4. The molecule has 0 aliphatic rings. The molecule has 0 saturated carbocycles. The number of halogens is 2. The fourth-order valence-electron chi connectivity index (χ4n) is 3.57. The molecule has 0 aliphatic heterocycles. The molecule has 3 aromatic rings. The number of benzene rings is 2. The van der Waals surface area contributed by atoms with Gasteiger partial charge in [0.25, 0.3) is 5.91 Å². The average molecular weight is 561 g/mol. The van der Waals surface area contributed by atoms with E-state index < -0.39 is 5.97 Å². The summed E-state index contributed by atoms with van der Waals surface area (Å²) >= 11 is 12.0. The van der Waals surface area contributed by atoms with Crippen molar-refractivity contribution in [2.75, 3.05) is 13.2 Å². The average Bonchev–Trinajstić information content (AvgIpc) is 2.93. The van der Waals surface area contributed by atoms with Crippen LogP contribution in [0, 0.1) is 0 Å². The predicted octanol–water partition coefficient (Wildman–Crippen LogP) is 7.21. The van der Waals surface area contributed by atoms with Gasteiger partial charge in [0.15, 0.2) is 12.4 Å². The van der Waals surface area contributed by atoms with Crippen molar-refractivity contribution in [1.82, 2.24) is 5.32 Å². The largest absolute Gasteiger partial charge is 0.494 e. The summed E-state index contributed by atoms with van der Waals surface area (Å²) in [6, 6.07) is 15.2. The fourth-order valence-corrected chi connectivity index (χ4v) is 3.94. The van der Waals surface area contributed by atoms with Crippen molar-refractivity contribution in [1.29, 1.82) is 0 Å². The molecule has 8 heteroatoms. The van der Waals surface area contributed by atoms with Crippen LogP contribution in [0.15, 0.2) is 67.0 Å². The van der Waals surface area contributed by atoms with E-state index in [9.17, 15) is 9.59 Å². The lowest BCUT2D eigenvalue weighted by atomic mass is 10.1. The fraction of sp³-hybridized carbons (Fsp3) is 0.367. The topological polar surface area (TPSA) is 68.5 Å². The van der Waals surface area contributed by atoms with Crippen LogP contribution in [0.4, 0.5) is 0 Å². The molecular weight excluding hydrogens is 523 g/mol. The quantitative estimate of drug-likeness (QED) is 0.104. The van der Waals surface area contributed by atoms with Crippen molar-refractivity contribution in [2.45, 2.75) is 52.4 Å². The number of aryl methyl sites for hydroxylation is 1. The highest BCUT2D eigenvalue weighted by Crippen LogP contribution is 2.24. The van der Waals surface area contributed by atoms with Crippen molar-refractivity contribution in [3.05, 3.63) is 88.2 Å². The molecule has 1 aromatic heterocycles. The molecule has 0 fully saturated rings. The van der Waals surface area contributed by atoms with E-state index in [1.807, 2.05) is 50.0 Å². The highest BCUT2D eigenvalue weighted by molar-refractivity contribution is 6.35. The van der Waals surface area contributed by atoms with E-state index in [2.05, 4.69) is 5.32 Å². The first-order valence-electron chi connectivity index (χ1n) is 13.1. The van der Waals surface area contributed by atoms with Crippen molar-refractivity contribution >= 4 is 35.1 Å². The lowest BCUT2D eigenvalue weighted by Gasteiger charge is -2.09. The minimum atomic E-state index is -0.566. The summed E-state index contributed by atoms with van der Waals surface area (Å²) in [6.07, 6.45) is 10.1. The Morgan fingerprint density at radius 1 is 0.868 bits per heavy atom. The van der Waals surface area contributed by atoms with Crippen molar-refractivity contribution in [2.24, 2.45) is 7.05 Å². The van der Waals surface area contributed by atoms with Crippen LogP contribution in [0.3, 0.4) is 0 Å². The Labute approximate surface area is 235 Å². The van der Waals surface area contributed by atoms with Gasteiger partial charge in [-0.1, -0.05) is 62.7 Å². The SMILES string of the molecule is CC.C[n+]1cccc(C(=O)NCCCCCCCCOc2ccc(OC(=O)c3cc(Cl)ccc3Cl)cc2)c1. The molecule has 204 valence electrons. The molecule has 0 aliphatic carbocycles. The van der Waals surface area contributed by atoms with Gasteiger partial charge in [-0.15, -0.1) is 0 Å². The first-order valence-corrected chi connectivity index (χ1v) is 13.8. The zero-order chi connectivity index (χ0) is 27.8. The Morgan fingerprint density at radius 3 is 2.24 bits per heavy atom. The molecule has 38 heavy (non-hydrogen) atoms. The summed E-state index contributed by atoms with van der Waals surface area (Å²) in [6.45, 7) is 5.32. The first-order chi connectivity index (χ1) is 18.4. The molecule has 1 amide bonds. The van der Waals surface area contributed by atoms with Crippen LogP contribution in [0.2, 0.25) is 10.0 Å². The van der Waals surface area contributed by atoms with Crippen LogP contribution in [-0.4, -0.2) is 25.0 Å². The molecule has 0 spiro atoms. The second-order valence-corrected chi connectivity index (χ2v) is 9.31. The molecule has 1 N–H and O–H groups in total. The maximum Gasteiger partial charge on any atom is 0.345 e. The number of esters is 1. The van der Waals surface area contributed by atoms with Crippen LogP contribution >= 0.6 is 23.2 Å². The molecule has 1 heterocycles. The van der Waals surface area contributed by atoms with E-state index in [0.717, 1.165) is 44.3 Å². The van der Waals surface area contributed by atoms with Gasteiger partial charge in [-0.2, -0.15) is 0 Å². The number of nitrogens with zero attached hydrogens (tertiary/aromatic N) is 1. The Balaban J connectivity index is 0.00000247. The van der Waals surface area contributed by atoms with E-state index in [1.165, 1.54) is 6.07 Å². The number of pyridine rings is 1.